The van der Waals surface area contributed by atoms with E-state index >= 15 is 0 Å². The van der Waals surface area contributed by atoms with E-state index in [1.54, 1.807) is 48.5 Å². The summed E-state index contributed by atoms with van der Waals surface area (Å²) in [5.74, 6) is 1.06. The Morgan fingerprint density at radius 3 is 1.58 bits per heavy atom. The number of hydrogen-bond donors (Lipinski definition) is 0. The first-order valence-corrected chi connectivity index (χ1v) is 6.92. The van der Waals surface area contributed by atoms with E-state index in [4.69, 9.17) is 4.74 Å². The molecule has 2 aromatic rings. The maximum Gasteiger partial charge on any atom is 0.228 e. The minimum absolute atomic E-state index is 0.206. The zero-order chi connectivity index (χ0) is 13.8. The molecule has 0 amide bonds. The van der Waals surface area contributed by atoms with Crippen molar-refractivity contribution in [3.63, 3.8) is 0 Å². The molecule has 0 aliphatic heterocycles. The van der Waals surface area contributed by atoms with Crippen LogP contribution in [0.2, 0.25) is 0 Å². The minimum Gasteiger partial charge on any atom is -0.457 e. The lowest BCUT2D eigenvalue weighted by molar-refractivity contribution is 0.108. The van der Waals surface area contributed by atoms with Crippen LogP contribution in [-0.2, 0) is 0 Å². The molecule has 2 aromatic carbocycles. The maximum absolute atomic E-state index is 11.2. The predicted molar refractivity (Wildman–Crippen MR) is 79.5 cm³/mol. The molecule has 0 fully saturated rings. The quantitative estimate of drug-likeness (QED) is 0.727. The lowest BCUT2D eigenvalue weighted by Crippen LogP contribution is -1.92. The van der Waals surface area contributed by atoms with Crippen LogP contribution in [0.3, 0.4) is 0 Å². The van der Waals surface area contributed by atoms with Gasteiger partial charge in [0.2, 0.25) is 9.39 Å². The van der Waals surface area contributed by atoms with Crippen LogP contribution in [0, 0.1) is 0 Å². The molecule has 0 spiro atoms. The average Bonchev–Trinajstić information content (AvgIpc) is 2.39. The van der Waals surface area contributed by atoms with E-state index in [0.717, 1.165) is 0 Å². The van der Waals surface area contributed by atoms with Crippen molar-refractivity contribution in [1.29, 1.82) is 0 Å². The van der Waals surface area contributed by atoms with E-state index in [1.807, 2.05) is 0 Å². The van der Waals surface area contributed by atoms with Crippen LogP contribution in [0.25, 0.3) is 0 Å². The average molecular weight is 384 g/mol. The molecule has 0 radical (unpaired) electrons. The zero-order valence-electron chi connectivity index (χ0n) is 9.60. The van der Waals surface area contributed by atoms with Crippen molar-refractivity contribution in [2.24, 2.45) is 0 Å². The summed E-state index contributed by atoms with van der Waals surface area (Å²) in [6.45, 7) is 0. The first-order valence-electron chi connectivity index (χ1n) is 5.34. The highest BCUT2D eigenvalue weighted by atomic mass is 79.9. The van der Waals surface area contributed by atoms with E-state index in [0.29, 0.717) is 22.6 Å². The molecule has 5 heteroatoms. The topological polar surface area (TPSA) is 43.4 Å². The number of rotatable bonds is 4. The van der Waals surface area contributed by atoms with Crippen LogP contribution in [0.4, 0.5) is 0 Å². The summed E-state index contributed by atoms with van der Waals surface area (Å²) in [4.78, 5) is 22.4. The molecule has 3 nitrogen and oxygen atoms in total. The van der Waals surface area contributed by atoms with Gasteiger partial charge in [-0.2, -0.15) is 0 Å². The molecular formula is C14H8Br2O3. The summed E-state index contributed by atoms with van der Waals surface area (Å²) >= 11 is 5.77. The highest BCUT2D eigenvalue weighted by molar-refractivity contribution is 9.18. The van der Waals surface area contributed by atoms with E-state index < -0.39 is 0 Å². The zero-order valence-corrected chi connectivity index (χ0v) is 12.8. The van der Waals surface area contributed by atoms with Gasteiger partial charge in [0.1, 0.15) is 11.5 Å². The molecule has 0 N–H and O–H groups in total. The Morgan fingerprint density at radius 1 is 0.789 bits per heavy atom. The first-order chi connectivity index (χ1) is 9.06. The normalized spacial score (nSPS) is 10.0. The van der Waals surface area contributed by atoms with Crippen LogP contribution in [0.15, 0.2) is 48.5 Å². The molecule has 0 aliphatic rings. The summed E-state index contributed by atoms with van der Waals surface area (Å²) < 4.78 is 5.20. The van der Waals surface area contributed by atoms with Gasteiger partial charge >= 0.3 is 0 Å². The molecule has 0 heterocycles. The number of benzene rings is 2. The lowest BCUT2D eigenvalue weighted by atomic mass is 10.2. The van der Waals surface area contributed by atoms with Crippen molar-refractivity contribution < 1.29 is 14.3 Å². The number of carbonyl (C=O) groups is 2. The Bertz CT molecular complexity index is 583. The maximum atomic E-state index is 11.2. The fourth-order valence-corrected chi connectivity index (χ4v) is 1.99. The van der Waals surface area contributed by atoms with Gasteiger partial charge in [0.05, 0.1) is 0 Å². The molecule has 96 valence electrons. The van der Waals surface area contributed by atoms with Gasteiger partial charge < -0.3 is 4.74 Å². The van der Waals surface area contributed by atoms with Crippen molar-refractivity contribution in [3.05, 3.63) is 59.7 Å². The molecule has 0 saturated carbocycles. The lowest BCUT2D eigenvalue weighted by Gasteiger charge is -2.07. The molecule has 0 bridgehead atoms. The van der Waals surface area contributed by atoms with Crippen molar-refractivity contribution in [1.82, 2.24) is 0 Å². The summed E-state index contributed by atoms with van der Waals surface area (Å²) in [6.07, 6.45) is 0. The second kappa shape index (κ2) is 6.12. The van der Waals surface area contributed by atoms with Gasteiger partial charge in [0.15, 0.2) is 0 Å². The summed E-state index contributed by atoms with van der Waals surface area (Å²) in [7, 11) is 0. The second-order valence-corrected chi connectivity index (χ2v) is 5.15. The number of carbonyl (C=O) groups excluding carboxylic acids is 2. The fraction of sp³-hybridized carbons (Fsp3) is 0. The van der Waals surface area contributed by atoms with Crippen molar-refractivity contribution >= 4 is 41.2 Å². The third-order valence-corrected chi connectivity index (χ3v) is 3.27. The molecule has 0 aromatic heterocycles. The molecule has 19 heavy (non-hydrogen) atoms. The van der Waals surface area contributed by atoms with Crippen molar-refractivity contribution in [3.8, 4) is 11.5 Å². The SMILES string of the molecule is O=C(Br)c1cccc(Oc2cccc(C(=O)Br)c2)c1. The van der Waals surface area contributed by atoms with Gasteiger partial charge in [-0.05, 0) is 56.1 Å². The molecule has 2 rings (SSSR count). The van der Waals surface area contributed by atoms with Gasteiger partial charge in [-0.15, -0.1) is 0 Å². The highest BCUT2D eigenvalue weighted by Crippen LogP contribution is 2.24. The smallest absolute Gasteiger partial charge is 0.228 e. The van der Waals surface area contributed by atoms with E-state index in [-0.39, 0.29) is 9.39 Å². The van der Waals surface area contributed by atoms with E-state index in [1.165, 1.54) is 0 Å². The van der Waals surface area contributed by atoms with Crippen LogP contribution in [-0.4, -0.2) is 9.39 Å². The highest BCUT2D eigenvalue weighted by Gasteiger charge is 2.06. The van der Waals surface area contributed by atoms with Gasteiger partial charge in [-0.25, -0.2) is 0 Å². The first kappa shape index (κ1) is 14.0. The number of ether oxygens (including phenoxy) is 1. The Hall–Kier alpha value is -1.46. The third kappa shape index (κ3) is 3.75. The molecule has 0 unspecified atom stereocenters. The monoisotopic (exact) mass is 382 g/mol. The Labute approximate surface area is 126 Å². The Kier molecular flexibility index (Phi) is 4.50. The van der Waals surface area contributed by atoms with Crippen LogP contribution < -0.4 is 4.74 Å². The van der Waals surface area contributed by atoms with Crippen LogP contribution in [0.5, 0.6) is 11.5 Å². The van der Waals surface area contributed by atoms with Crippen LogP contribution >= 0.6 is 31.9 Å². The fourth-order valence-electron chi connectivity index (χ4n) is 1.50. The van der Waals surface area contributed by atoms with E-state index in [2.05, 4.69) is 31.9 Å². The number of hydrogen-bond acceptors (Lipinski definition) is 3. The molecular weight excluding hydrogens is 376 g/mol. The largest absolute Gasteiger partial charge is 0.457 e. The molecule has 0 aliphatic carbocycles. The third-order valence-electron chi connectivity index (χ3n) is 2.36. The van der Waals surface area contributed by atoms with Gasteiger partial charge in [-0.3, -0.25) is 9.59 Å². The van der Waals surface area contributed by atoms with Crippen LogP contribution in [0.1, 0.15) is 20.7 Å². The van der Waals surface area contributed by atoms with Crippen molar-refractivity contribution in [2.75, 3.05) is 0 Å². The molecule has 0 atom stereocenters. The van der Waals surface area contributed by atoms with Gasteiger partial charge in [0, 0.05) is 11.1 Å². The standard InChI is InChI=1S/C14H8Br2O3/c15-13(17)9-3-1-5-11(7-9)19-12-6-2-4-10(8-12)14(16)18/h1-8H. The van der Waals surface area contributed by atoms with Crippen molar-refractivity contribution in [2.45, 2.75) is 0 Å². The van der Waals surface area contributed by atoms with Gasteiger partial charge in [-0.1, -0.05) is 24.3 Å². The Morgan fingerprint density at radius 2 is 1.21 bits per heavy atom. The second-order valence-electron chi connectivity index (χ2n) is 3.71. The summed E-state index contributed by atoms with van der Waals surface area (Å²) in [5, 5.41) is 0. The predicted octanol–water partition coefficient (Wildman–Crippen LogP) is 4.55. The Balaban J connectivity index is 2.26. The minimum atomic E-state index is -0.206. The summed E-state index contributed by atoms with van der Waals surface area (Å²) in [5.41, 5.74) is 1.01. The van der Waals surface area contributed by atoms with Gasteiger partial charge in [0.25, 0.3) is 0 Å². The van der Waals surface area contributed by atoms with E-state index in [9.17, 15) is 9.59 Å². The number of halogens is 2. The molecule has 0 saturated heterocycles. The summed E-state index contributed by atoms with van der Waals surface area (Å²) in [6, 6.07) is 13.5.